The number of carbonyl (C=O) groups excluding carboxylic acids is 1. The minimum absolute atomic E-state index is 0.0364. The molecule has 1 heterocycles. The summed E-state index contributed by atoms with van der Waals surface area (Å²) in [7, 11) is 1.64. The standard InChI is InChI=1S/C27H33N3O2/c1-21-9-6-7-10-22(21)19-29-18-8-13-25(29)20-30(24-11-4-3-5-12-24)27(31)28-23-14-16-26(32-2)17-15-23/h6-10,13-18,24H,3-5,11-12,19-20H2,1-2H3,(H,28,31). The third kappa shape index (κ3) is 5.34. The first-order valence-corrected chi connectivity index (χ1v) is 11.5. The Hall–Kier alpha value is -3.21. The van der Waals surface area contributed by atoms with Gasteiger partial charge in [-0.05, 0) is 67.3 Å². The summed E-state index contributed by atoms with van der Waals surface area (Å²) < 4.78 is 7.49. The summed E-state index contributed by atoms with van der Waals surface area (Å²) in [6, 6.07) is 20.4. The van der Waals surface area contributed by atoms with E-state index in [-0.39, 0.29) is 12.1 Å². The second-order valence-corrected chi connectivity index (χ2v) is 8.63. The molecule has 0 unspecified atom stereocenters. The number of benzene rings is 2. The molecule has 0 radical (unpaired) electrons. The predicted octanol–water partition coefficient (Wildman–Crippen LogP) is 6.22. The van der Waals surface area contributed by atoms with Gasteiger partial charge < -0.3 is 19.5 Å². The number of aryl methyl sites for hydroxylation is 1. The van der Waals surface area contributed by atoms with E-state index in [1.165, 1.54) is 30.4 Å². The molecule has 1 fully saturated rings. The highest BCUT2D eigenvalue weighted by Crippen LogP contribution is 2.26. The molecule has 0 bridgehead atoms. The summed E-state index contributed by atoms with van der Waals surface area (Å²) in [5.74, 6) is 0.779. The van der Waals surface area contributed by atoms with Crippen molar-refractivity contribution in [1.29, 1.82) is 0 Å². The summed E-state index contributed by atoms with van der Waals surface area (Å²) >= 11 is 0. The number of ether oxygens (including phenoxy) is 1. The van der Waals surface area contributed by atoms with E-state index < -0.39 is 0 Å². The number of hydrogen-bond donors (Lipinski definition) is 1. The third-order valence-electron chi connectivity index (χ3n) is 6.48. The van der Waals surface area contributed by atoms with Crippen LogP contribution in [0.3, 0.4) is 0 Å². The van der Waals surface area contributed by atoms with Crippen LogP contribution in [-0.4, -0.2) is 28.6 Å². The number of amides is 2. The topological polar surface area (TPSA) is 46.5 Å². The van der Waals surface area contributed by atoms with Gasteiger partial charge in [-0.1, -0.05) is 43.5 Å². The van der Waals surface area contributed by atoms with Crippen molar-refractivity contribution >= 4 is 11.7 Å². The van der Waals surface area contributed by atoms with Crippen molar-refractivity contribution in [2.45, 2.75) is 58.2 Å². The third-order valence-corrected chi connectivity index (χ3v) is 6.48. The Morgan fingerprint density at radius 1 is 1.03 bits per heavy atom. The second kappa shape index (κ2) is 10.4. The molecule has 1 N–H and O–H groups in total. The first kappa shape index (κ1) is 22.0. The van der Waals surface area contributed by atoms with Crippen LogP contribution in [0.25, 0.3) is 0 Å². The first-order valence-electron chi connectivity index (χ1n) is 11.5. The van der Waals surface area contributed by atoms with E-state index in [9.17, 15) is 4.79 Å². The Balaban J connectivity index is 1.53. The fourth-order valence-corrected chi connectivity index (χ4v) is 4.52. The Labute approximate surface area is 191 Å². The minimum Gasteiger partial charge on any atom is -0.497 e. The Morgan fingerprint density at radius 2 is 1.78 bits per heavy atom. The number of nitrogens with one attached hydrogen (secondary N) is 1. The SMILES string of the molecule is COc1ccc(NC(=O)N(Cc2cccn2Cc2ccccc2C)C2CCCCC2)cc1. The zero-order valence-corrected chi connectivity index (χ0v) is 19.1. The van der Waals surface area contributed by atoms with Gasteiger partial charge in [0.1, 0.15) is 5.75 Å². The van der Waals surface area contributed by atoms with Crippen molar-refractivity contribution < 1.29 is 9.53 Å². The molecule has 4 rings (SSSR count). The molecule has 0 spiro atoms. The number of urea groups is 1. The van der Waals surface area contributed by atoms with Crippen LogP contribution in [0.1, 0.15) is 48.9 Å². The number of hydrogen-bond acceptors (Lipinski definition) is 2. The number of aromatic nitrogens is 1. The lowest BCUT2D eigenvalue weighted by Crippen LogP contribution is -2.43. The first-order chi connectivity index (χ1) is 15.6. The molecule has 1 aliphatic carbocycles. The van der Waals surface area contributed by atoms with Gasteiger partial charge in [0.05, 0.1) is 13.7 Å². The zero-order valence-electron chi connectivity index (χ0n) is 19.1. The van der Waals surface area contributed by atoms with Gasteiger partial charge in [-0.15, -0.1) is 0 Å². The fourth-order valence-electron chi connectivity index (χ4n) is 4.52. The van der Waals surface area contributed by atoms with Crippen molar-refractivity contribution in [2.24, 2.45) is 0 Å². The molecule has 3 aromatic rings. The maximum absolute atomic E-state index is 13.4. The molecule has 5 heteroatoms. The molecule has 2 aromatic carbocycles. The van der Waals surface area contributed by atoms with Crippen LogP contribution in [-0.2, 0) is 13.1 Å². The Kier molecular flexibility index (Phi) is 7.15. The lowest BCUT2D eigenvalue weighted by molar-refractivity contribution is 0.161. The molecule has 1 saturated carbocycles. The Bertz CT molecular complexity index is 1020. The molecule has 0 aliphatic heterocycles. The van der Waals surface area contributed by atoms with Gasteiger partial charge in [-0.3, -0.25) is 0 Å². The van der Waals surface area contributed by atoms with Crippen LogP contribution in [0.15, 0.2) is 66.9 Å². The van der Waals surface area contributed by atoms with E-state index in [1.807, 2.05) is 29.2 Å². The zero-order chi connectivity index (χ0) is 22.3. The molecular weight excluding hydrogens is 398 g/mol. The summed E-state index contributed by atoms with van der Waals surface area (Å²) in [6.07, 6.45) is 7.86. The van der Waals surface area contributed by atoms with Crippen LogP contribution in [0.5, 0.6) is 5.75 Å². The van der Waals surface area contributed by atoms with Gasteiger partial charge in [-0.2, -0.15) is 0 Å². The van der Waals surface area contributed by atoms with E-state index >= 15 is 0 Å². The van der Waals surface area contributed by atoms with Gasteiger partial charge in [-0.25, -0.2) is 4.79 Å². The largest absolute Gasteiger partial charge is 0.497 e. The molecule has 1 aliphatic rings. The molecule has 1 aromatic heterocycles. The number of anilines is 1. The molecular formula is C27H33N3O2. The van der Waals surface area contributed by atoms with Gasteiger partial charge in [0.25, 0.3) is 0 Å². The van der Waals surface area contributed by atoms with Crippen LogP contribution < -0.4 is 10.1 Å². The molecule has 168 valence electrons. The summed E-state index contributed by atoms with van der Waals surface area (Å²) in [5, 5.41) is 3.10. The fraction of sp³-hybridized carbons (Fsp3) is 0.370. The van der Waals surface area contributed by atoms with E-state index in [0.29, 0.717) is 6.54 Å². The van der Waals surface area contributed by atoms with Crippen molar-refractivity contribution in [3.8, 4) is 5.75 Å². The summed E-state index contributed by atoms with van der Waals surface area (Å²) in [6.45, 7) is 3.56. The summed E-state index contributed by atoms with van der Waals surface area (Å²) in [4.78, 5) is 15.4. The highest BCUT2D eigenvalue weighted by atomic mass is 16.5. The molecule has 0 atom stereocenters. The predicted molar refractivity (Wildman–Crippen MR) is 129 cm³/mol. The van der Waals surface area contributed by atoms with Gasteiger partial charge in [0.15, 0.2) is 0 Å². The lowest BCUT2D eigenvalue weighted by atomic mass is 9.94. The molecule has 2 amide bonds. The number of rotatable bonds is 7. The van der Waals surface area contributed by atoms with E-state index in [1.54, 1.807) is 7.11 Å². The van der Waals surface area contributed by atoms with Gasteiger partial charge in [0, 0.05) is 30.2 Å². The normalized spacial score (nSPS) is 14.2. The minimum atomic E-state index is -0.0364. The van der Waals surface area contributed by atoms with Gasteiger partial charge in [0.2, 0.25) is 0 Å². The number of carbonyl (C=O) groups is 1. The summed E-state index contributed by atoms with van der Waals surface area (Å²) in [5.41, 5.74) is 4.53. The van der Waals surface area contributed by atoms with Crippen LogP contribution >= 0.6 is 0 Å². The maximum atomic E-state index is 13.4. The average molecular weight is 432 g/mol. The quantitative estimate of drug-likeness (QED) is 0.483. The van der Waals surface area contributed by atoms with E-state index in [0.717, 1.165) is 36.5 Å². The van der Waals surface area contributed by atoms with Crippen LogP contribution in [0.2, 0.25) is 0 Å². The molecule has 32 heavy (non-hydrogen) atoms. The maximum Gasteiger partial charge on any atom is 0.322 e. The highest BCUT2D eigenvalue weighted by Gasteiger charge is 2.26. The molecule has 5 nitrogen and oxygen atoms in total. The Morgan fingerprint density at radius 3 is 2.50 bits per heavy atom. The lowest BCUT2D eigenvalue weighted by Gasteiger charge is -2.34. The highest BCUT2D eigenvalue weighted by molar-refractivity contribution is 5.89. The van der Waals surface area contributed by atoms with Crippen LogP contribution in [0, 0.1) is 6.92 Å². The smallest absolute Gasteiger partial charge is 0.322 e. The van der Waals surface area contributed by atoms with Crippen molar-refractivity contribution in [1.82, 2.24) is 9.47 Å². The monoisotopic (exact) mass is 431 g/mol. The number of nitrogens with zero attached hydrogens (tertiary/aromatic N) is 2. The van der Waals surface area contributed by atoms with Crippen molar-refractivity contribution in [3.05, 3.63) is 83.7 Å². The van der Waals surface area contributed by atoms with E-state index in [2.05, 4.69) is 59.4 Å². The van der Waals surface area contributed by atoms with Crippen molar-refractivity contribution in [3.63, 3.8) is 0 Å². The molecule has 0 saturated heterocycles. The number of methoxy groups -OCH3 is 1. The van der Waals surface area contributed by atoms with Gasteiger partial charge >= 0.3 is 6.03 Å². The van der Waals surface area contributed by atoms with Crippen LogP contribution in [0.4, 0.5) is 10.5 Å². The second-order valence-electron chi connectivity index (χ2n) is 8.63. The van der Waals surface area contributed by atoms with Crippen molar-refractivity contribution in [2.75, 3.05) is 12.4 Å². The average Bonchev–Trinajstić information content (AvgIpc) is 3.26. The van der Waals surface area contributed by atoms with E-state index in [4.69, 9.17) is 4.74 Å².